The molecule has 0 aliphatic heterocycles. The second-order valence-corrected chi connectivity index (χ2v) is 34.3. The van der Waals surface area contributed by atoms with Crippen LogP contribution in [0.2, 0.25) is 0 Å². The number of carbonyl (C=O) groups excluding carboxylic acids is 17. The van der Waals surface area contributed by atoms with E-state index in [1.807, 2.05) is 13.8 Å². The molecule has 48 nitrogen and oxygen atoms in total. The van der Waals surface area contributed by atoms with E-state index in [0.29, 0.717) is 16.8 Å². The smallest absolute Gasteiger partial charge is 0.245 e. The quantitative estimate of drug-likeness (QED) is 0.0108. The van der Waals surface area contributed by atoms with Gasteiger partial charge in [0.05, 0.1) is 18.9 Å². The summed E-state index contributed by atoms with van der Waals surface area (Å²) in [4.78, 5) is 246. The Labute approximate surface area is 776 Å². The van der Waals surface area contributed by atoms with Crippen LogP contribution in [0.5, 0.6) is 11.5 Å². The van der Waals surface area contributed by atoms with Crippen molar-refractivity contribution in [2.24, 2.45) is 58.1 Å². The van der Waals surface area contributed by atoms with Gasteiger partial charge in [-0.1, -0.05) is 79.7 Å². The van der Waals surface area contributed by atoms with E-state index in [1.54, 1.807) is 41.5 Å². The maximum atomic E-state index is 15.0. The minimum absolute atomic E-state index is 0.00826. The molecule has 1 heterocycles. The van der Waals surface area contributed by atoms with Gasteiger partial charge in [0.1, 0.15) is 96.1 Å². The largest absolute Gasteiger partial charge is 0.508 e. The second-order valence-electron chi connectivity index (χ2n) is 34.0. The normalized spacial score (nSPS) is 14.5. The Morgan fingerprint density at radius 3 is 0.955 bits per heavy atom. The van der Waals surface area contributed by atoms with Crippen LogP contribution in [0.3, 0.4) is 0 Å². The second kappa shape index (κ2) is 58.2. The van der Waals surface area contributed by atoms with Crippen LogP contribution in [-0.2, 0) is 101 Å². The zero-order chi connectivity index (χ0) is 100. The summed E-state index contributed by atoms with van der Waals surface area (Å²) in [5.74, 6) is -20.2. The van der Waals surface area contributed by atoms with Gasteiger partial charge in [-0.05, 0) is 137 Å². The number of nitrogens with one attached hydrogen (secondary N) is 21. The van der Waals surface area contributed by atoms with E-state index >= 15 is 0 Å². The lowest BCUT2D eigenvalue weighted by atomic mass is 9.98. The Balaban J connectivity index is 2.04. The van der Waals surface area contributed by atoms with E-state index in [0.717, 1.165) is 6.92 Å². The molecule has 0 radical (unpaired) electrons. The Kier molecular flexibility index (Phi) is 49.7. The van der Waals surface area contributed by atoms with Crippen molar-refractivity contribution in [1.29, 1.82) is 16.2 Å². The summed E-state index contributed by atoms with van der Waals surface area (Å²) in [5.41, 5.74) is 34.3. The van der Waals surface area contributed by atoms with Crippen molar-refractivity contribution in [2.45, 2.75) is 263 Å². The number of aliphatic hydroxyl groups is 1. The van der Waals surface area contributed by atoms with Gasteiger partial charge in [-0.15, -0.1) is 0 Å². The first-order chi connectivity index (χ1) is 62.4. The first-order valence-corrected chi connectivity index (χ1v) is 44.2. The number of carbonyl (C=O) groups is 17. The number of guanidine groups is 3. The minimum atomic E-state index is -1.97. The molecule has 2 aromatic carbocycles. The molecule has 17 amide bonds. The molecular weight excluding hydrogens is 1750 g/mol. The predicted octanol–water partition coefficient (Wildman–Crippen LogP) is -6.43. The molecule has 0 bridgehead atoms. The Bertz CT molecular complexity index is 4430. The molecular formula is C84H136N28O20S. The van der Waals surface area contributed by atoms with Crippen LogP contribution in [0, 0.1) is 39.9 Å². The molecule has 3 aromatic rings. The number of nitrogens with two attached hydrogens (primary N) is 6. The minimum Gasteiger partial charge on any atom is -0.508 e. The number of hydrogen-bond donors (Lipinski definition) is 31. The summed E-state index contributed by atoms with van der Waals surface area (Å²) in [6.45, 7) is 16.0. The van der Waals surface area contributed by atoms with Gasteiger partial charge in [-0.3, -0.25) is 97.7 Å². The molecule has 49 heteroatoms. The first-order valence-electron chi connectivity index (χ1n) is 43.6. The summed E-state index contributed by atoms with van der Waals surface area (Å²) < 4.78 is 0. The van der Waals surface area contributed by atoms with Crippen molar-refractivity contribution in [1.82, 2.24) is 100 Å². The number of aromatic amines is 1. The van der Waals surface area contributed by atoms with Gasteiger partial charge in [0.25, 0.3) is 0 Å². The SMILES string of the molecule is CC(=O)N[C@@H](CC(C)C)C(=O)N[C@@H](CCCNC(=N)N)C(=O)N[C@@H](Cc1cnc[nH]1)C(=O)N[C@@H](Cc1ccc(O)cc1)C(=O)N[C@@H](CC(C)C)C(=O)N[C@@H](CC(N)=O)C(=O)N[C@@H](CC(C)C)C(=O)N[C@@H](CC(C)C)C(=O)N[C@H](C(=O)N[C@@H](CCCNC(=N)N)C(=O)N[C@@H](CCC(N)=O)C(=O)N[C@@H](CCCNC(=N)N)C(=O)N[C@@H](Cc1ccc(O)cc1)C(=O)N[C@@H](CS)C(N)=O)[C@@H](C)O. The number of benzene rings is 2. The molecule has 0 aliphatic carbocycles. The molecule has 0 saturated heterocycles. The Morgan fingerprint density at radius 2 is 0.654 bits per heavy atom. The van der Waals surface area contributed by atoms with Crippen molar-refractivity contribution < 1.29 is 96.8 Å². The zero-order valence-electron chi connectivity index (χ0n) is 76.5. The number of rotatable bonds is 61. The van der Waals surface area contributed by atoms with Crippen LogP contribution in [0.25, 0.3) is 0 Å². The highest BCUT2D eigenvalue weighted by Gasteiger charge is 2.40. The fraction of sp³-hybridized carbons (Fsp3) is 0.583. The number of hydrogen-bond acceptors (Lipinski definition) is 25. The fourth-order valence-electron chi connectivity index (χ4n) is 13.5. The lowest BCUT2D eigenvalue weighted by Crippen LogP contribution is -2.62. The summed E-state index contributed by atoms with van der Waals surface area (Å²) in [5, 5.41) is 97.9. The average molecular weight is 1890 g/mol. The maximum absolute atomic E-state index is 15.0. The van der Waals surface area contributed by atoms with E-state index < -0.39 is 240 Å². The standard InChI is InChI=1S/C84H136N28O20S/c1-41(2)30-56(99-46(10)114)73(124)101-53(15-12-28-96-83(90)91)71(122)109-62(36-49-38-94-40-98-49)78(129)108-60(34-47-17-21-50(115)22-18-47)76(127)104-58(32-43(5)6)75(126)110-63(37-66(86)118)79(130)105-57(31-42(3)4)74(125)106-59(33-44(7)8)80(131)112-67(45(9)113)81(132)103-54(16-13-29-97-84(92)93)69(120)102-55(25-26-65(85)117)72(123)100-52(14-11-27-95-82(88)89)70(121)107-61(35-48-19-23-51(116)24-20-48)77(128)111-64(39-133)68(87)119/h17-24,38,40-45,52-64,67,113,115-116,133H,11-16,25-37,39H2,1-10H3,(H2,85,117)(H2,86,118)(H2,87,119)(H,94,98)(H,99,114)(H,100,123)(H,101,124)(H,102,120)(H,103,132)(H,104,127)(H,105,130)(H,106,125)(H,107,121)(H,108,129)(H,109,122)(H,110,126)(H,111,128)(H,112,131)(H4,88,89,95)(H4,90,91,96)(H4,92,93,97)/t45-,52+,53+,54+,55+,56+,57+,58+,59+,60+,61+,62+,63+,64+,67+/m1/s1. The van der Waals surface area contributed by atoms with Gasteiger partial charge in [0.15, 0.2) is 17.9 Å². The Morgan fingerprint density at radius 1 is 0.368 bits per heavy atom. The highest BCUT2D eigenvalue weighted by Crippen LogP contribution is 2.19. The monoisotopic (exact) mass is 1890 g/mol. The first kappa shape index (κ1) is 114. The molecule has 738 valence electrons. The van der Waals surface area contributed by atoms with E-state index in [9.17, 15) is 96.8 Å². The van der Waals surface area contributed by atoms with Crippen LogP contribution < -0.4 is 125 Å². The number of aliphatic hydroxyl groups excluding tert-OH is 1. The number of thiol groups is 1. The Hall–Kier alpha value is -13.6. The molecule has 133 heavy (non-hydrogen) atoms. The lowest BCUT2D eigenvalue weighted by molar-refractivity contribution is -0.138. The van der Waals surface area contributed by atoms with Gasteiger partial charge < -0.3 is 145 Å². The fourth-order valence-corrected chi connectivity index (χ4v) is 13.8. The number of imidazole rings is 1. The van der Waals surface area contributed by atoms with Gasteiger partial charge >= 0.3 is 0 Å². The number of aromatic nitrogens is 2. The van der Waals surface area contributed by atoms with Gasteiger partial charge in [-0.2, -0.15) is 12.6 Å². The van der Waals surface area contributed by atoms with Crippen molar-refractivity contribution in [3.05, 3.63) is 77.9 Å². The van der Waals surface area contributed by atoms with Crippen LogP contribution in [0.15, 0.2) is 61.1 Å². The molecule has 3 rings (SSSR count). The van der Waals surface area contributed by atoms with Gasteiger partial charge in [0, 0.05) is 69.9 Å². The maximum Gasteiger partial charge on any atom is 0.245 e. The average Bonchev–Trinajstić information content (AvgIpc) is 1.52. The molecule has 0 fully saturated rings. The molecule has 15 atom stereocenters. The predicted molar refractivity (Wildman–Crippen MR) is 491 cm³/mol. The van der Waals surface area contributed by atoms with E-state index in [2.05, 4.69) is 113 Å². The zero-order valence-corrected chi connectivity index (χ0v) is 77.4. The summed E-state index contributed by atoms with van der Waals surface area (Å²) in [6.07, 6.45) is -2.96. The molecule has 0 aliphatic rings. The molecule has 0 spiro atoms. The van der Waals surface area contributed by atoms with Crippen molar-refractivity contribution in [3.63, 3.8) is 0 Å². The number of amides is 17. The third-order valence-corrected chi connectivity index (χ3v) is 20.5. The van der Waals surface area contributed by atoms with Crippen molar-refractivity contribution in [3.8, 4) is 11.5 Å². The molecule has 0 saturated carbocycles. The number of H-pyrrole nitrogens is 1. The van der Waals surface area contributed by atoms with Crippen LogP contribution in [-0.4, -0.2) is 260 Å². The number of nitrogens with zero attached hydrogens (tertiary/aromatic N) is 1. The number of phenols is 2. The molecule has 0 unspecified atom stereocenters. The van der Waals surface area contributed by atoms with Crippen molar-refractivity contribution >= 4 is 131 Å². The van der Waals surface area contributed by atoms with Crippen molar-refractivity contribution in [2.75, 3.05) is 25.4 Å². The van der Waals surface area contributed by atoms with E-state index in [-0.39, 0.29) is 132 Å². The summed E-state index contributed by atoms with van der Waals surface area (Å²) >= 11 is 4.09. The molecule has 36 N–H and O–H groups in total. The third-order valence-electron chi connectivity index (χ3n) is 20.2. The number of phenolic OH excluding ortho intramolecular Hbond substituents is 2. The van der Waals surface area contributed by atoms with Gasteiger partial charge in [-0.25, -0.2) is 4.98 Å². The highest BCUT2D eigenvalue weighted by molar-refractivity contribution is 7.80. The van der Waals surface area contributed by atoms with Gasteiger partial charge in [0.2, 0.25) is 100 Å². The lowest BCUT2D eigenvalue weighted by Gasteiger charge is -2.30. The molecule has 1 aromatic heterocycles. The van der Waals surface area contributed by atoms with E-state index in [1.165, 1.54) is 68.0 Å². The number of primary amides is 3. The summed E-state index contributed by atoms with van der Waals surface area (Å²) in [7, 11) is 0. The van der Waals surface area contributed by atoms with E-state index in [4.69, 9.17) is 50.6 Å². The third kappa shape index (κ3) is 44.7. The topological polar surface area (TPSA) is 812 Å². The van der Waals surface area contributed by atoms with Crippen LogP contribution >= 0.6 is 12.6 Å². The summed E-state index contributed by atoms with van der Waals surface area (Å²) in [6, 6.07) is -11.1. The number of aromatic hydroxyl groups is 2. The van der Waals surface area contributed by atoms with Crippen LogP contribution in [0.4, 0.5) is 0 Å². The highest BCUT2D eigenvalue weighted by atomic mass is 32.1. The van der Waals surface area contributed by atoms with Crippen LogP contribution in [0.1, 0.15) is 170 Å².